The van der Waals surface area contributed by atoms with Crippen LogP contribution in [0, 0.1) is 13.8 Å². The Kier molecular flexibility index (Phi) is 12.5. The average Bonchev–Trinajstić information content (AvgIpc) is 2.87. The number of nitrogens with zero attached hydrogens (tertiary/aromatic N) is 1. The van der Waals surface area contributed by atoms with E-state index in [1.54, 1.807) is 20.8 Å². The number of carbonyl (C=O) groups is 3. The van der Waals surface area contributed by atoms with Crippen LogP contribution in [0.3, 0.4) is 0 Å². The van der Waals surface area contributed by atoms with E-state index in [0.29, 0.717) is 17.7 Å². The van der Waals surface area contributed by atoms with Gasteiger partial charge in [-0.3, -0.25) is 9.59 Å². The summed E-state index contributed by atoms with van der Waals surface area (Å²) in [5.74, 6) is -0.923. The Morgan fingerprint density at radius 1 is 0.949 bits per heavy atom. The van der Waals surface area contributed by atoms with Gasteiger partial charge in [0.15, 0.2) is 0 Å². The summed E-state index contributed by atoms with van der Waals surface area (Å²) in [6.45, 7) is 10.8. The van der Waals surface area contributed by atoms with Gasteiger partial charge in [0.1, 0.15) is 17.7 Å². The lowest BCUT2D eigenvalue weighted by Gasteiger charge is -2.34. The summed E-state index contributed by atoms with van der Waals surface area (Å²) in [6.07, 6.45) is 3.94. The first-order chi connectivity index (χ1) is 18.5. The maximum atomic E-state index is 13.9. The van der Waals surface area contributed by atoms with Crippen molar-refractivity contribution in [2.45, 2.75) is 91.3 Å². The van der Waals surface area contributed by atoms with Crippen LogP contribution in [0.25, 0.3) is 0 Å². The Morgan fingerprint density at radius 2 is 1.59 bits per heavy atom. The van der Waals surface area contributed by atoms with Gasteiger partial charge in [0, 0.05) is 12.2 Å². The second-order valence-corrected chi connectivity index (χ2v) is 10.9. The molecule has 0 bridgehead atoms. The van der Waals surface area contributed by atoms with E-state index in [1.807, 2.05) is 62.4 Å². The van der Waals surface area contributed by atoms with Crippen molar-refractivity contribution >= 4 is 23.6 Å². The molecule has 214 valence electrons. The number of amides is 3. The fourth-order valence-electron chi connectivity index (χ4n) is 4.22. The number of nitrogens with one attached hydrogen (secondary N) is 2. The SMILES string of the molecule is CCCCCCCN(C(=O)C(CO)NC(=O)OC(C)(C)C)C(C(=O)Nc1ccccc1C)c1ccc(C)cc1. The molecular formula is C31H45N3O5. The third-order valence-corrected chi connectivity index (χ3v) is 6.31. The van der Waals surface area contributed by atoms with Gasteiger partial charge in [-0.15, -0.1) is 0 Å². The first-order valence-electron chi connectivity index (χ1n) is 13.8. The number of benzene rings is 2. The molecule has 0 aliphatic heterocycles. The number of alkyl carbamates (subject to hydrolysis) is 1. The summed E-state index contributed by atoms with van der Waals surface area (Å²) in [4.78, 5) is 41.7. The lowest BCUT2D eigenvalue weighted by Crippen LogP contribution is -2.54. The summed E-state index contributed by atoms with van der Waals surface area (Å²) >= 11 is 0. The number of hydrogen-bond acceptors (Lipinski definition) is 5. The fraction of sp³-hybridized carbons (Fsp3) is 0.516. The topological polar surface area (TPSA) is 108 Å². The molecule has 2 rings (SSSR count). The highest BCUT2D eigenvalue weighted by Gasteiger charge is 2.36. The molecule has 8 heteroatoms. The third kappa shape index (κ3) is 10.4. The summed E-state index contributed by atoms with van der Waals surface area (Å²) in [5, 5.41) is 15.6. The molecule has 0 aromatic heterocycles. The average molecular weight is 540 g/mol. The van der Waals surface area contributed by atoms with Crippen LogP contribution in [0.15, 0.2) is 48.5 Å². The first-order valence-corrected chi connectivity index (χ1v) is 13.8. The van der Waals surface area contributed by atoms with E-state index in [-0.39, 0.29) is 12.5 Å². The van der Waals surface area contributed by atoms with Crippen LogP contribution in [0.1, 0.15) is 82.5 Å². The molecule has 2 aromatic rings. The summed E-state index contributed by atoms with van der Waals surface area (Å²) in [6, 6.07) is 12.7. The minimum atomic E-state index is -1.27. The van der Waals surface area contributed by atoms with E-state index in [2.05, 4.69) is 17.6 Å². The number of carbonyl (C=O) groups excluding carboxylic acids is 3. The normalized spacial score (nSPS) is 12.8. The zero-order chi connectivity index (χ0) is 29.0. The second-order valence-electron chi connectivity index (χ2n) is 10.9. The van der Waals surface area contributed by atoms with Crippen molar-refractivity contribution in [2.24, 2.45) is 0 Å². The molecule has 8 nitrogen and oxygen atoms in total. The van der Waals surface area contributed by atoms with Crippen LogP contribution in [-0.2, 0) is 14.3 Å². The molecule has 0 saturated carbocycles. The van der Waals surface area contributed by atoms with Crippen molar-refractivity contribution in [1.29, 1.82) is 0 Å². The minimum Gasteiger partial charge on any atom is -0.444 e. The van der Waals surface area contributed by atoms with Crippen LogP contribution in [0.5, 0.6) is 0 Å². The highest BCUT2D eigenvalue weighted by molar-refractivity contribution is 5.99. The number of rotatable bonds is 13. The molecule has 0 saturated heterocycles. The van der Waals surface area contributed by atoms with Crippen LogP contribution in [0.2, 0.25) is 0 Å². The predicted octanol–water partition coefficient (Wildman–Crippen LogP) is 5.67. The van der Waals surface area contributed by atoms with Gasteiger partial charge in [-0.25, -0.2) is 4.79 Å². The van der Waals surface area contributed by atoms with E-state index < -0.39 is 36.3 Å². The van der Waals surface area contributed by atoms with Crippen LogP contribution in [0.4, 0.5) is 10.5 Å². The number of ether oxygens (including phenoxy) is 1. The van der Waals surface area contributed by atoms with E-state index in [0.717, 1.165) is 36.8 Å². The van der Waals surface area contributed by atoms with Gasteiger partial charge in [0.05, 0.1) is 6.61 Å². The van der Waals surface area contributed by atoms with Crippen LogP contribution < -0.4 is 10.6 Å². The molecule has 0 fully saturated rings. The Bertz CT molecular complexity index is 1080. The Hall–Kier alpha value is -3.39. The zero-order valence-corrected chi connectivity index (χ0v) is 24.3. The highest BCUT2D eigenvalue weighted by Crippen LogP contribution is 2.26. The van der Waals surface area contributed by atoms with E-state index in [9.17, 15) is 19.5 Å². The minimum absolute atomic E-state index is 0.286. The quantitative estimate of drug-likeness (QED) is 0.284. The molecule has 2 unspecified atom stereocenters. The molecule has 0 heterocycles. The van der Waals surface area contributed by atoms with Crippen molar-refractivity contribution in [2.75, 3.05) is 18.5 Å². The molecule has 3 N–H and O–H groups in total. The van der Waals surface area contributed by atoms with Crippen molar-refractivity contribution in [3.63, 3.8) is 0 Å². The Labute approximate surface area is 233 Å². The maximum absolute atomic E-state index is 13.9. The Morgan fingerprint density at radius 3 is 2.18 bits per heavy atom. The number of aryl methyl sites for hydroxylation is 2. The van der Waals surface area contributed by atoms with Gasteiger partial charge in [-0.1, -0.05) is 80.6 Å². The summed E-state index contributed by atoms with van der Waals surface area (Å²) < 4.78 is 5.31. The molecule has 39 heavy (non-hydrogen) atoms. The molecular weight excluding hydrogens is 494 g/mol. The van der Waals surface area contributed by atoms with Gasteiger partial charge in [-0.2, -0.15) is 0 Å². The molecule has 3 amide bonds. The lowest BCUT2D eigenvalue weighted by atomic mass is 10.0. The fourth-order valence-corrected chi connectivity index (χ4v) is 4.22. The first kappa shape index (κ1) is 31.8. The van der Waals surface area contributed by atoms with Crippen LogP contribution >= 0.6 is 0 Å². The van der Waals surface area contributed by atoms with Gasteiger partial charge in [0.25, 0.3) is 5.91 Å². The molecule has 0 aliphatic rings. The third-order valence-electron chi connectivity index (χ3n) is 6.31. The van der Waals surface area contributed by atoms with Gasteiger partial charge in [0.2, 0.25) is 5.91 Å². The lowest BCUT2D eigenvalue weighted by molar-refractivity contribution is -0.141. The van der Waals surface area contributed by atoms with Crippen molar-refractivity contribution in [3.05, 3.63) is 65.2 Å². The Balaban J connectivity index is 2.45. The van der Waals surface area contributed by atoms with E-state index in [1.165, 1.54) is 4.90 Å². The number of unbranched alkanes of at least 4 members (excludes halogenated alkanes) is 4. The predicted molar refractivity (Wildman–Crippen MR) is 154 cm³/mol. The van der Waals surface area contributed by atoms with Gasteiger partial charge in [-0.05, 0) is 58.2 Å². The maximum Gasteiger partial charge on any atom is 0.408 e. The monoisotopic (exact) mass is 539 g/mol. The van der Waals surface area contributed by atoms with Crippen LogP contribution in [-0.4, -0.2) is 52.7 Å². The molecule has 0 aliphatic carbocycles. The molecule has 0 spiro atoms. The molecule has 2 atom stereocenters. The summed E-state index contributed by atoms with van der Waals surface area (Å²) in [5.41, 5.74) is 2.44. The highest BCUT2D eigenvalue weighted by atomic mass is 16.6. The number of aliphatic hydroxyl groups excluding tert-OH is 1. The molecule has 0 radical (unpaired) electrons. The summed E-state index contributed by atoms with van der Waals surface area (Å²) in [7, 11) is 0. The second kappa shape index (κ2) is 15.3. The molecule has 2 aromatic carbocycles. The largest absolute Gasteiger partial charge is 0.444 e. The van der Waals surface area contributed by atoms with Crippen molar-refractivity contribution < 1.29 is 24.2 Å². The smallest absolute Gasteiger partial charge is 0.408 e. The number of para-hydroxylation sites is 1. The number of anilines is 1. The van der Waals surface area contributed by atoms with Gasteiger partial charge >= 0.3 is 6.09 Å². The number of hydrogen-bond donors (Lipinski definition) is 3. The number of aliphatic hydroxyl groups is 1. The van der Waals surface area contributed by atoms with Crippen molar-refractivity contribution in [1.82, 2.24) is 10.2 Å². The van der Waals surface area contributed by atoms with Gasteiger partial charge < -0.3 is 25.4 Å². The standard InChI is InChI=1S/C31H45N3O5/c1-7-8-9-10-13-20-34(29(37)26(21-35)33-30(38)39-31(4,5)6)27(24-18-16-22(2)17-19-24)28(36)32-25-15-12-11-14-23(25)3/h11-12,14-19,26-27,35H,7-10,13,20-21H2,1-6H3,(H,32,36)(H,33,38). The van der Waals surface area contributed by atoms with E-state index in [4.69, 9.17) is 4.74 Å². The zero-order valence-electron chi connectivity index (χ0n) is 24.3. The van der Waals surface area contributed by atoms with E-state index >= 15 is 0 Å². The van der Waals surface area contributed by atoms with Crippen molar-refractivity contribution in [3.8, 4) is 0 Å².